The van der Waals surface area contributed by atoms with Crippen molar-refractivity contribution in [2.75, 3.05) is 36.4 Å². The van der Waals surface area contributed by atoms with Crippen LogP contribution in [0.4, 0.5) is 35.2 Å². The van der Waals surface area contributed by atoms with Crippen LogP contribution in [0.3, 0.4) is 0 Å². The van der Waals surface area contributed by atoms with Crippen molar-refractivity contribution in [2.24, 2.45) is 0 Å². The first-order chi connectivity index (χ1) is 13.2. The van der Waals surface area contributed by atoms with Crippen LogP contribution in [0.15, 0.2) is 42.6 Å². The Balaban J connectivity index is 1.54. The van der Waals surface area contributed by atoms with Gasteiger partial charge in [0.15, 0.2) is 0 Å². The lowest BCUT2D eigenvalue weighted by Crippen LogP contribution is -2.50. The number of nitro groups is 1. The van der Waals surface area contributed by atoms with Crippen LogP contribution in [-0.2, 0) is 6.18 Å². The fourth-order valence-electron chi connectivity index (χ4n) is 2.75. The highest BCUT2D eigenvalue weighted by Gasteiger charge is 2.31. The molecule has 2 amide bonds. The molecule has 0 atom stereocenters. The van der Waals surface area contributed by atoms with Crippen molar-refractivity contribution in [1.29, 1.82) is 0 Å². The lowest BCUT2D eigenvalue weighted by Gasteiger charge is -2.35. The molecule has 1 aliphatic heterocycles. The van der Waals surface area contributed by atoms with E-state index in [0.29, 0.717) is 37.7 Å². The van der Waals surface area contributed by atoms with Crippen LogP contribution in [-0.4, -0.2) is 47.0 Å². The second kappa shape index (κ2) is 7.71. The molecule has 2 aromatic rings. The van der Waals surface area contributed by atoms with Gasteiger partial charge in [-0.05, 0) is 24.3 Å². The number of piperazine rings is 1. The van der Waals surface area contributed by atoms with E-state index in [-0.39, 0.29) is 11.7 Å². The maximum atomic E-state index is 12.6. The molecule has 1 aliphatic rings. The Morgan fingerprint density at radius 2 is 1.71 bits per heavy atom. The first-order valence-corrected chi connectivity index (χ1v) is 8.32. The van der Waals surface area contributed by atoms with Crippen LogP contribution in [0.5, 0.6) is 0 Å². The molecular formula is C17H16F3N5O3. The van der Waals surface area contributed by atoms with Gasteiger partial charge in [-0.15, -0.1) is 0 Å². The fourth-order valence-corrected chi connectivity index (χ4v) is 2.75. The minimum Gasteiger partial charge on any atom is -0.353 e. The summed E-state index contributed by atoms with van der Waals surface area (Å²) in [4.78, 5) is 29.6. The molecule has 8 nitrogen and oxygen atoms in total. The molecule has 1 fully saturated rings. The van der Waals surface area contributed by atoms with Gasteiger partial charge in [0.1, 0.15) is 5.82 Å². The molecule has 1 aromatic carbocycles. The molecule has 148 valence electrons. The molecular weight excluding hydrogens is 379 g/mol. The number of hydrogen-bond donors (Lipinski definition) is 1. The predicted molar refractivity (Wildman–Crippen MR) is 95.1 cm³/mol. The zero-order valence-electron chi connectivity index (χ0n) is 14.5. The number of nitrogens with one attached hydrogen (secondary N) is 1. The Morgan fingerprint density at radius 1 is 1.07 bits per heavy atom. The number of alkyl halides is 3. The van der Waals surface area contributed by atoms with Crippen LogP contribution >= 0.6 is 0 Å². The number of nitro benzene ring substituents is 1. The van der Waals surface area contributed by atoms with Gasteiger partial charge in [-0.3, -0.25) is 10.1 Å². The van der Waals surface area contributed by atoms with E-state index in [1.165, 1.54) is 30.3 Å². The van der Waals surface area contributed by atoms with Gasteiger partial charge in [0.05, 0.1) is 10.5 Å². The van der Waals surface area contributed by atoms with Gasteiger partial charge in [0.25, 0.3) is 5.69 Å². The molecule has 0 saturated carbocycles. The van der Waals surface area contributed by atoms with Crippen molar-refractivity contribution in [1.82, 2.24) is 9.88 Å². The van der Waals surface area contributed by atoms with E-state index in [0.717, 1.165) is 12.3 Å². The summed E-state index contributed by atoms with van der Waals surface area (Å²) in [5, 5.41) is 13.3. The molecule has 1 aromatic heterocycles. The lowest BCUT2D eigenvalue weighted by atomic mass is 10.2. The average molecular weight is 395 g/mol. The highest BCUT2D eigenvalue weighted by atomic mass is 19.4. The summed E-state index contributed by atoms with van der Waals surface area (Å²) >= 11 is 0. The Hall–Kier alpha value is -3.37. The summed E-state index contributed by atoms with van der Waals surface area (Å²) in [6.07, 6.45) is -3.64. The van der Waals surface area contributed by atoms with Crippen LogP contribution in [0.1, 0.15) is 5.56 Å². The van der Waals surface area contributed by atoms with E-state index in [1.807, 2.05) is 0 Å². The summed E-state index contributed by atoms with van der Waals surface area (Å²) in [5.74, 6) is 0.420. The number of anilines is 2. The van der Waals surface area contributed by atoms with Crippen molar-refractivity contribution in [3.8, 4) is 0 Å². The number of amides is 2. The van der Waals surface area contributed by atoms with Crippen LogP contribution in [0.2, 0.25) is 0 Å². The second-order valence-corrected chi connectivity index (χ2v) is 6.11. The third-order valence-corrected chi connectivity index (χ3v) is 4.30. The number of urea groups is 1. The zero-order chi connectivity index (χ0) is 20.3. The Bertz CT molecular complexity index is 848. The smallest absolute Gasteiger partial charge is 0.353 e. The number of halogens is 3. The molecule has 0 radical (unpaired) electrons. The van der Waals surface area contributed by atoms with Crippen LogP contribution < -0.4 is 10.2 Å². The number of nitrogens with zero attached hydrogens (tertiary/aromatic N) is 4. The molecule has 0 unspecified atom stereocenters. The number of carbonyl (C=O) groups excluding carboxylic acids is 1. The lowest BCUT2D eigenvalue weighted by molar-refractivity contribution is -0.384. The molecule has 1 saturated heterocycles. The monoisotopic (exact) mass is 395 g/mol. The van der Waals surface area contributed by atoms with Gasteiger partial charge in [0.2, 0.25) is 0 Å². The predicted octanol–water partition coefficient (Wildman–Crippen LogP) is 3.36. The minimum atomic E-state index is -4.43. The van der Waals surface area contributed by atoms with Crippen molar-refractivity contribution >= 4 is 23.2 Å². The molecule has 0 bridgehead atoms. The third-order valence-electron chi connectivity index (χ3n) is 4.30. The van der Waals surface area contributed by atoms with E-state index >= 15 is 0 Å². The Morgan fingerprint density at radius 3 is 2.21 bits per heavy atom. The van der Waals surface area contributed by atoms with Gasteiger partial charge >= 0.3 is 12.2 Å². The van der Waals surface area contributed by atoms with E-state index in [4.69, 9.17) is 0 Å². The van der Waals surface area contributed by atoms with Gasteiger partial charge in [0, 0.05) is 50.2 Å². The van der Waals surface area contributed by atoms with Crippen LogP contribution in [0.25, 0.3) is 0 Å². The van der Waals surface area contributed by atoms with Gasteiger partial charge in [-0.25, -0.2) is 9.78 Å². The number of hydrogen-bond acceptors (Lipinski definition) is 5. The molecule has 3 rings (SSSR count). The molecule has 1 N–H and O–H groups in total. The number of carbonyl (C=O) groups is 1. The third kappa shape index (κ3) is 4.48. The Labute approximate surface area is 157 Å². The normalized spacial score (nSPS) is 14.7. The molecule has 11 heteroatoms. The number of aromatic nitrogens is 1. The Kier molecular flexibility index (Phi) is 5.34. The van der Waals surface area contributed by atoms with E-state index in [2.05, 4.69) is 10.3 Å². The van der Waals surface area contributed by atoms with Crippen molar-refractivity contribution in [2.45, 2.75) is 6.18 Å². The van der Waals surface area contributed by atoms with Gasteiger partial charge in [-0.1, -0.05) is 0 Å². The van der Waals surface area contributed by atoms with Crippen LogP contribution in [0, 0.1) is 10.1 Å². The number of non-ortho nitro benzene ring substituents is 1. The summed E-state index contributed by atoms with van der Waals surface area (Å²) < 4.78 is 37.8. The number of benzene rings is 1. The van der Waals surface area contributed by atoms with Gasteiger partial charge in [-0.2, -0.15) is 13.2 Å². The quantitative estimate of drug-likeness (QED) is 0.636. The highest BCUT2D eigenvalue weighted by molar-refractivity contribution is 5.89. The number of rotatable bonds is 3. The summed E-state index contributed by atoms with van der Waals surface area (Å²) in [7, 11) is 0. The van der Waals surface area contributed by atoms with E-state index < -0.39 is 16.7 Å². The fraction of sp³-hybridized carbons (Fsp3) is 0.294. The zero-order valence-corrected chi connectivity index (χ0v) is 14.5. The summed E-state index contributed by atoms with van der Waals surface area (Å²) in [6.45, 7) is 1.57. The maximum Gasteiger partial charge on any atom is 0.417 e. The first kappa shape index (κ1) is 19.4. The molecule has 2 heterocycles. The van der Waals surface area contributed by atoms with Gasteiger partial charge < -0.3 is 15.1 Å². The SMILES string of the molecule is O=C(Nc1ccc([N+](=O)[O-])cc1)N1CCN(c2ccc(C(F)(F)F)cn2)CC1. The molecule has 0 aliphatic carbocycles. The van der Waals surface area contributed by atoms with E-state index in [1.54, 1.807) is 9.80 Å². The highest BCUT2D eigenvalue weighted by Crippen LogP contribution is 2.29. The average Bonchev–Trinajstić information content (AvgIpc) is 2.68. The first-order valence-electron chi connectivity index (χ1n) is 8.32. The van der Waals surface area contributed by atoms with E-state index in [9.17, 15) is 28.1 Å². The topological polar surface area (TPSA) is 91.6 Å². The standard InChI is InChI=1S/C17H16F3N5O3/c18-17(19,20)12-1-6-15(21-11-12)23-7-9-24(10-8-23)16(26)22-13-2-4-14(5-3-13)25(27)28/h1-6,11H,7-10H2,(H,22,26). The second-order valence-electron chi connectivity index (χ2n) is 6.11. The van der Waals surface area contributed by atoms with Crippen molar-refractivity contribution in [3.05, 3.63) is 58.3 Å². The summed E-state index contributed by atoms with van der Waals surface area (Å²) in [6, 6.07) is 7.42. The van der Waals surface area contributed by atoms with Crippen molar-refractivity contribution < 1.29 is 22.9 Å². The summed E-state index contributed by atoms with van der Waals surface area (Å²) in [5.41, 5.74) is -0.449. The van der Waals surface area contributed by atoms with Crippen molar-refractivity contribution in [3.63, 3.8) is 0 Å². The minimum absolute atomic E-state index is 0.0735. The maximum absolute atomic E-state index is 12.6. The molecule has 28 heavy (non-hydrogen) atoms. The molecule has 0 spiro atoms. The number of pyridine rings is 1. The largest absolute Gasteiger partial charge is 0.417 e.